The molecule has 0 aromatic heterocycles. The molecule has 2 rings (SSSR count). The number of hydrogen-bond acceptors (Lipinski definition) is 2. The molecule has 0 spiro atoms. The van der Waals surface area contributed by atoms with Crippen molar-refractivity contribution in [3.63, 3.8) is 0 Å². The van der Waals surface area contributed by atoms with Crippen molar-refractivity contribution in [1.82, 2.24) is 0 Å². The second-order valence-corrected chi connectivity index (χ2v) is 19.6. The quantitative estimate of drug-likeness (QED) is 0.383. The molecule has 0 amide bonds. The third-order valence-electron chi connectivity index (χ3n) is 1.55. The normalized spacial score (nSPS) is 17.6. The van der Waals surface area contributed by atoms with Gasteiger partial charge in [-0.2, -0.15) is 0 Å². The molecule has 1 saturated heterocycles. The van der Waals surface area contributed by atoms with Gasteiger partial charge in [-0.3, -0.25) is 0 Å². The molecule has 0 N–H and O–H groups in total. The second kappa shape index (κ2) is 5.11. The number of carbonyl (C=O) groups excluding carboxylic acids is 1. The van der Waals surface area contributed by atoms with Crippen LogP contribution in [0.3, 0.4) is 0 Å². The Balaban J connectivity index is 1.89. The fraction of sp³-hybridized carbons (Fsp3) is 0.100. The van der Waals surface area contributed by atoms with Gasteiger partial charge in [0, 0.05) is 0 Å². The summed E-state index contributed by atoms with van der Waals surface area (Å²) in [7, 11) is 0. The van der Waals surface area contributed by atoms with E-state index in [9.17, 15) is 4.79 Å². The molecule has 76 valence electrons. The van der Waals surface area contributed by atoms with Crippen LogP contribution in [0.4, 0.5) is 0 Å². The molecule has 4 heteroatoms. The predicted octanol–water partition coefficient (Wildman–Crippen LogP) is -0.360. The Labute approximate surface area is 97.0 Å². The van der Waals surface area contributed by atoms with Crippen molar-refractivity contribution in [2.75, 3.05) is 2.43 Å². The van der Waals surface area contributed by atoms with Crippen LogP contribution in [0.25, 0.3) is 6.08 Å². The summed E-state index contributed by atoms with van der Waals surface area (Å²) in [6.07, 6.45) is 3.34. The summed E-state index contributed by atoms with van der Waals surface area (Å²) >= 11 is -0.693. The zero-order valence-electron chi connectivity index (χ0n) is 7.32. The third kappa shape index (κ3) is 3.56. The Kier molecular flexibility index (Phi) is 3.80. The number of benzene rings is 1. The number of halogens is 2. The minimum atomic E-state index is -1.05. The Bertz CT molecular complexity index is 344. The van der Waals surface area contributed by atoms with Gasteiger partial charge in [-0.1, -0.05) is 0 Å². The van der Waals surface area contributed by atoms with Crippen molar-refractivity contribution in [2.24, 2.45) is 0 Å². The first-order chi connectivity index (χ1) is 6.84. The van der Waals surface area contributed by atoms with Gasteiger partial charge in [0.2, 0.25) is 0 Å². The molecule has 1 aromatic carbocycles. The molecule has 1 fully saturated rings. The average Bonchev–Trinajstić information content (AvgIpc) is 3.00. The number of alkyl halides is 2. The van der Waals surface area contributed by atoms with Crippen LogP contribution in [0.1, 0.15) is 5.56 Å². The van der Waals surface area contributed by atoms with Gasteiger partial charge in [-0.15, -0.1) is 0 Å². The van der Waals surface area contributed by atoms with Crippen LogP contribution in [-0.4, -0.2) is 8.40 Å². The number of rotatable bonds is 3. The SMILES string of the molecule is O=C(/C=C/c1ccccc1)OI1C[I-]1. The third-order valence-corrected chi connectivity index (χ3v) is 11.7. The molecule has 0 unspecified atom stereocenters. The summed E-state index contributed by atoms with van der Waals surface area (Å²) in [5.74, 6) is -0.142. The molecule has 0 bridgehead atoms. The fourth-order valence-electron chi connectivity index (χ4n) is 0.893. The van der Waals surface area contributed by atoms with Crippen molar-refractivity contribution in [3.05, 3.63) is 42.0 Å². The molecule has 0 radical (unpaired) electrons. The van der Waals surface area contributed by atoms with E-state index in [4.69, 9.17) is 3.07 Å². The van der Waals surface area contributed by atoms with Crippen molar-refractivity contribution in [3.8, 4) is 0 Å². The van der Waals surface area contributed by atoms with E-state index in [1.54, 1.807) is 6.08 Å². The van der Waals surface area contributed by atoms with E-state index in [1.807, 2.05) is 30.3 Å². The van der Waals surface area contributed by atoms with Crippen LogP contribution in [0.2, 0.25) is 0 Å². The van der Waals surface area contributed by atoms with Crippen molar-refractivity contribution < 1.29 is 25.1 Å². The molecule has 1 aliphatic heterocycles. The summed E-state index contributed by atoms with van der Waals surface area (Å²) in [5.41, 5.74) is 1.04. The molecule has 0 aliphatic carbocycles. The van der Waals surface area contributed by atoms with E-state index in [-0.39, 0.29) is 5.97 Å². The molecule has 0 atom stereocenters. The predicted molar refractivity (Wildman–Crippen MR) is 60.5 cm³/mol. The van der Waals surface area contributed by atoms with Gasteiger partial charge in [0.1, 0.15) is 0 Å². The molecule has 14 heavy (non-hydrogen) atoms. The van der Waals surface area contributed by atoms with E-state index in [0.29, 0.717) is 17.2 Å². The van der Waals surface area contributed by atoms with Gasteiger partial charge in [0.25, 0.3) is 0 Å². The minimum absolute atomic E-state index is 0.142. The van der Waals surface area contributed by atoms with Crippen LogP contribution >= 0.6 is 16.3 Å². The van der Waals surface area contributed by atoms with E-state index in [1.165, 1.54) is 8.51 Å². The van der Waals surface area contributed by atoms with Gasteiger partial charge < -0.3 is 0 Å². The van der Waals surface area contributed by atoms with Gasteiger partial charge in [0.15, 0.2) is 0 Å². The summed E-state index contributed by atoms with van der Waals surface area (Å²) in [5, 5.41) is 0. The van der Waals surface area contributed by atoms with E-state index >= 15 is 0 Å². The van der Waals surface area contributed by atoms with Crippen LogP contribution in [0, 0.1) is 0 Å². The van der Waals surface area contributed by atoms with Crippen molar-refractivity contribution >= 4 is 28.3 Å². The Morgan fingerprint density at radius 2 is 2.14 bits per heavy atom. The Morgan fingerprint density at radius 1 is 1.43 bits per heavy atom. The zero-order valence-corrected chi connectivity index (χ0v) is 11.6. The van der Waals surface area contributed by atoms with E-state index < -0.39 is 16.3 Å². The van der Waals surface area contributed by atoms with Crippen LogP contribution < -0.4 is 17.2 Å². The molecule has 0 saturated carbocycles. The molecule has 2 nitrogen and oxygen atoms in total. The van der Waals surface area contributed by atoms with Gasteiger partial charge in [-0.05, 0) is 0 Å². The van der Waals surface area contributed by atoms with E-state index in [0.717, 1.165) is 5.56 Å². The average molecular weight is 415 g/mol. The monoisotopic (exact) mass is 415 g/mol. The molecule has 1 heterocycles. The van der Waals surface area contributed by atoms with Crippen LogP contribution in [0.5, 0.6) is 0 Å². The standard InChI is InChI=1S/C10H9I2O2/c13-10(14-12-8-11-12)7-6-9-4-2-1-3-5-9/h1-7H,8H2/q-1/b7-6+. The summed E-state index contributed by atoms with van der Waals surface area (Å²) < 4.78 is 6.55. The van der Waals surface area contributed by atoms with Gasteiger partial charge >= 0.3 is 97.8 Å². The topological polar surface area (TPSA) is 26.3 Å². The Morgan fingerprint density at radius 3 is 2.79 bits per heavy atom. The van der Waals surface area contributed by atoms with Crippen molar-refractivity contribution in [1.29, 1.82) is 0 Å². The van der Waals surface area contributed by atoms with Gasteiger partial charge in [-0.25, -0.2) is 0 Å². The molecule has 1 aliphatic rings. The summed E-state index contributed by atoms with van der Waals surface area (Å²) in [4.78, 5) is 11.2. The molecule has 1 aromatic rings. The van der Waals surface area contributed by atoms with Crippen LogP contribution in [-0.2, 0) is 7.86 Å². The number of carbonyl (C=O) groups is 1. The molecular weight excluding hydrogens is 406 g/mol. The van der Waals surface area contributed by atoms with Gasteiger partial charge in [0.05, 0.1) is 0 Å². The summed E-state index contributed by atoms with van der Waals surface area (Å²) in [6, 6.07) is 9.79. The maximum absolute atomic E-state index is 11.2. The second-order valence-electron chi connectivity index (χ2n) is 2.61. The zero-order chi connectivity index (χ0) is 9.80. The Hall–Kier alpha value is -0.110. The summed E-state index contributed by atoms with van der Waals surface area (Å²) in [6.45, 7) is 0. The first-order valence-corrected chi connectivity index (χ1v) is 14.3. The molecular formula is C10H9I2O2-. The fourth-order valence-corrected chi connectivity index (χ4v) is 9.12. The van der Waals surface area contributed by atoms with Crippen molar-refractivity contribution in [2.45, 2.75) is 0 Å². The van der Waals surface area contributed by atoms with E-state index in [2.05, 4.69) is 0 Å². The van der Waals surface area contributed by atoms with Crippen LogP contribution in [0.15, 0.2) is 36.4 Å². The first-order valence-electron chi connectivity index (χ1n) is 4.06. The maximum atomic E-state index is 11.2. The first kappa shape index (κ1) is 10.4. The number of hydrogen-bond donors (Lipinski definition) is 0.